The lowest BCUT2D eigenvalue weighted by Crippen LogP contribution is -2.48. The number of nitrogens with two attached hydrogens (primary N) is 1. The van der Waals surface area contributed by atoms with Gasteiger partial charge in [0.15, 0.2) is 0 Å². The van der Waals surface area contributed by atoms with Crippen molar-refractivity contribution >= 4 is 17.3 Å². The third-order valence-electron chi connectivity index (χ3n) is 3.47. The Kier molecular flexibility index (Phi) is 5.36. The van der Waals surface area contributed by atoms with Crippen molar-refractivity contribution in [3.63, 3.8) is 0 Å². The lowest BCUT2D eigenvalue weighted by Gasteiger charge is -2.33. The van der Waals surface area contributed by atoms with Crippen LogP contribution in [0.25, 0.3) is 0 Å². The Morgan fingerprint density at radius 2 is 1.89 bits per heavy atom. The predicted octanol–water partition coefficient (Wildman–Crippen LogP) is 2.83. The molecule has 1 amide bonds. The maximum Gasteiger partial charge on any atom is 0.258 e. The van der Waals surface area contributed by atoms with Crippen LogP contribution in [0.1, 0.15) is 33.6 Å². The molecule has 0 aliphatic rings. The Hall–Kier alpha value is -1.55. The number of amides is 1. The van der Waals surface area contributed by atoms with E-state index in [9.17, 15) is 4.79 Å². The Balaban J connectivity index is 3.06. The largest absolute Gasteiger partial charge is 0.399 e. The molecule has 1 aromatic carbocycles. The summed E-state index contributed by atoms with van der Waals surface area (Å²) in [7, 11) is 1.58. The second-order valence-electron chi connectivity index (χ2n) is 4.84. The first-order valence-electron chi connectivity index (χ1n) is 6.71. The highest BCUT2D eigenvalue weighted by molar-refractivity contribution is 5.99. The molecule has 0 radical (unpaired) electrons. The smallest absolute Gasteiger partial charge is 0.258 e. The van der Waals surface area contributed by atoms with Gasteiger partial charge in [-0.1, -0.05) is 13.8 Å². The van der Waals surface area contributed by atoms with Crippen molar-refractivity contribution in [2.24, 2.45) is 0 Å². The average Bonchev–Trinajstić information content (AvgIpc) is 2.44. The van der Waals surface area contributed by atoms with Gasteiger partial charge in [-0.3, -0.25) is 4.79 Å². The van der Waals surface area contributed by atoms with Crippen LogP contribution in [0.5, 0.6) is 0 Å². The summed E-state index contributed by atoms with van der Waals surface area (Å²) in [4.78, 5) is 14.4. The lowest BCUT2D eigenvalue weighted by molar-refractivity contribution is -0.138. The lowest BCUT2D eigenvalue weighted by atomic mass is 10.0. The Labute approximate surface area is 115 Å². The zero-order valence-corrected chi connectivity index (χ0v) is 12.3. The summed E-state index contributed by atoms with van der Waals surface area (Å²) in [5.74, 6) is -0.0101. The van der Waals surface area contributed by atoms with Gasteiger partial charge in [0.1, 0.15) is 5.60 Å². The van der Waals surface area contributed by atoms with Crippen molar-refractivity contribution < 1.29 is 9.53 Å². The van der Waals surface area contributed by atoms with Crippen LogP contribution in [-0.2, 0) is 9.53 Å². The molecule has 0 aromatic heterocycles. The van der Waals surface area contributed by atoms with E-state index in [1.54, 1.807) is 24.1 Å². The van der Waals surface area contributed by atoms with Crippen molar-refractivity contribution in [3.8, 4) is 0 Å². The molecular formula is C15H24N2O2. The molecule has 0 bridgehead atoms. The van der Waals surface area contributed by atoms with Crippen molar-refractivity contribution in [3.05, 3.63) is 24.3 Å². The number of carbonyl (C=O) groups excluding carboxylic acids is 1. The highest BCUT2D eigenvalue weighted by Crippen LogP contribution is 2.24. The number of rotatable bonds is 6. The van der Waals surface area contributed by atoms with Gasteiger partial charge in [0.25, 0.3) is 5.91 Å². The van der Waals surface area contributed by atoms with E-state index in [4.69, 9.17) is 10.5 Å². The summed E-state index contributed by atoms with van der Waals surface area (Å²) in [6, 6.07) is 7.35. The molecule has 106 valence electrons. The fourth-order valence-electron chi connectivity index (χ4n) is 1.89. The minimum absolute atomic E-state index is 0.0101. The van der Waals surface area contributed by atoms with E-state index in [1.165, 1.54) is 0 Å². The van der Waals surface area contributed by atoms with Crippen LogP contribution in [0.3, 0.4) is 0 Å². The monoisotopic (exact) mass is 264 g/mol. The van der Waals surface area contributed by atoms with E-state index >= 15 is 0 Å². The quantitative estimate of drug-likeness (QED) is 0.804. The van der Waals surface area contributed by atoms with E-state index in [1.807, 2.05) is 32.9 Å². The van der Waals surface area contributed by atoms with Crippen LogP contribution in [-0.4, -0.2) is 25.2 Å². The van der Waals surface area contributed by atoms with Gasteiger partial charge >= 0.3 is 0 Å². The molecule has 0 aliphatic carbocycles. The van der Waals surface area contributed by atoms with E-state index < -0.39 is 5.60 Å². The van der Waals surface area contributed by atoms with Crippen LogP contribution < -0.4 is 10.6 Å². The second-order valence-corrected chi connectivity index (χ2v) is 4.84. The fraction of sp³-hybridized carbons (Fsp3) is 0.533. The van der Waals surface area contributed by atoms with Gasteiger partial charge in [0.05, 0.1) is 0 Å². The predicted molar refractivity (Wildman–Crippen MR) is 79.2 cm³/mol. The zero-order chi connectivity index (χ0) is 14.5. The number of nitrogens with zero attached hydrogens (tertiary/aromatic N) is 1. The minimum atomic E-state index is -0.781. The number of hydrogen-bond donors (Lipinski definition) is 1. The molecule has 0 fully saturated rings. The maximum absolute atomic E-state index is 12.7. The Bertz CT molecular complexity index is 411. The van der Waals surface area contributed by atoms with Gasteiger partial charge in [-0.25, -0.2) is 0 Å². The number of carbonyl (C=O) groups is 1. The first-order chi connectivity index (χ1) is 8.98. The van der Waals surface area contributed by atoms with E-state index in [2.05, 4.69) is 0 Å². The molecule has 1 aromatic rings. The van der Waals surface area contributed by atoms with Crippen LogP contribution in [0.15, 0.2) is 24.3 Å². The van der Waals surface area contributed by atoms with Crippen molar-refractivity contribution in [1.29, 1.82) is 0 Å². The summed E-state index contributed by atoms with van der Waals surface area (Å²) in [6.45, 7) is 6.50. The molecule has 4 nitrogen and oxygen atoms in total. The molecular weight excluding hydrogens is 240 g/mol. The maximum atomic E-state index is 12.7. The molecule has 0 heterocycles. The third kappa shape index (κ3) is 3.47. The summed E-state index contributed by atoms with van der Waals surface area (Å²) in [5.41, 5.74) is 6.46. The molecule has 0 saturated heterocycles. The van der Waals surface area contributed by atoms with Crippen molar-refractivity contribution in [1.82, 2.24) is 0 Å². The standard InChI is InChI=1S/C15H24N2O2/c1-5-11-17(13-9-7-12(16)8-10-13)14(18)15(3,6-2)19-4/h7-10H,5-6,11,16H2,1-4H3. The second kappa shape index (κ2) is 6.57. The van der Waals surface area contributed by atoms with E-state index in [0.717, 1.165) is 12.1 Å². The average molecular weight is 264 g/mol. The highest BCUT2D eigenvalue weighted by atomic mass is 16.5. The van der Waals surface area contributed by atoms with Gasteiger partial charge < -0.3 is 15.4 Å². The number of nitrogen functional groups attached to an aromatic ring is 1. The topological polar surface area (TPSA) is 55.6 Å². The molecule has 4 heteroatoms. The number of anilines is 2. The normalized spacial score (nSPS) is 13.9. The minimum Gasteiger partial charge on any atom is -0.399 e. The summed E-state index contributed by atoms with van der Waals surface area (Å²) in [6.07, 6.45) is 1.52. The van der Waals surface area contributed by atoms with Gasteiger partial charge in [0.2, 0.25) is 0 Å². The van der Waals surface area contributed by atoms with Crippen LogP contribution in [0.2, 0.25) is 0 Å². The first-order valence-corrected chi connectivity index (χ1v) is 6.71. The molecule has 0 spiro atoms. The highest BCUT2D eigenvalue weighted by Gasteiger charge is 2.35. The first kappa shape index (κ1) is 15.5. The Morgan fingerprint density at radius 1 is 1.32 bits per heavy atom. The number of benzene rings is 1. The third-order valence-corrected chi connectivity index (χ3v) is 3.47. The number of hydrogen-bond acceptors (Lipinski definition) is 3. The van der Waals surface area contributed by atoms with Crippen molar-refractivity contribution in [2.75, 3.05) is 24.3 Å². The number of ether oxygens (including phenoxy) is 1. The van der Waals surface area contributed by atoms with E-state index in [0.29, 0.717) is 18.7 Å². The van der Waals surface area contributed by atoms with Crippen LogP contribution in [0, 0.1) is 0 Å². The SMILES string of the molecule is CCCN(C(=O)C(C)(CC)OC)c1ccc(N)cc1. The van der Waals surface area contributed by atoms with E-state index in [-0.39, 0.29) is 5.91 Å². The molecule has 0 saturated carbocycles. The van der Waals surface area contributed by atoms with Gasteiger partial charge in [-0.05, 0) is 44.0 Å². The molecule has 1 atom stereocenters. The molecule has 2 N–H and O–H groups in total. The zero-order valence-electron chi connectivity index (χ0n) is 12.3. The van der Waals surface area contributed by atoms with Crippen LogP contribution >= 0.6 is 0 Å². The summed E-state index contributed by atoms with van der Waals surface area (Å²) >= 11 is 0. The Morgan fingerprint density at radius 3 is 2.32 bits per heavy atom. The van der Waals surface area contributed by atoms with Crippen LogP contribution in [0.4, 0.5) is 11.4 Å². The molecule has 1 unspecified atom stereocenters. The molecule has 1 rings (SSSR count). The number of methoxy groups -OCH3 is 1. The van der Waals surface area contributed by atoms with Gasteiger partial charge in [-0.15, -0.1) is 0 Å². The summed E-state index contributed by atoms with van der Waals surface area (Å²) < 4.78 is 5.41. The van der Waals surface area contributed by atoms with Crippen molar-refractivity contribution in [2.45, 2.75) is 39.2 Å². The van der Waals surface area contributed by atoms with Gasteiger partial charge in [0, 0.05) is 25.0 Å². The molecule has 19 heavy (non-hydrogen) atoms. The fourth-order valence-corrected chi connectivity index (χ4v) is 1.89. The molecule has 0 aliphatic heterocycles. The summed E-state index contributed by atoms with van der Waals surface area (Å²) in [5, 5.41) is 0. The van der Waals surface area contributed by atoms with Gasteiger partial charge in [-0.2, -0.15) is 0 Å².